The van der Waals surface area contributed by atoms with Crippen molar-refractivity contribution in [2.75, 3.05) is 6.73 Å². The number of halogens is 3. The topological polar surface area (TPSA) is 92.1 Å². The first-order valence-electron chi connectivity index (χ1n) is 6.86. The number of hydrogen-bond acceptors (Lipinski definition) is 5. The molecule has 0 aromatic carbocycles. The standard InChI is InChI=1S/C15H16F3N3O3/c1-14(2,3)13(23)24-8-21-12(22)11-9(15(16,17)18)5-7-20-10(11)4-6-19/h5,7H,4,8H2,1-3H3,(H,21,22). The van der Waals surface area contributed by atoms with Crippen LogP contribution in [0.3, 0.4) is 0 Å². The predicted octanol–water partition coefficient (Wildman–Crippen LogP) is 2.44. The first-order valence-corrected chi connectivity index (χ1v) is 6.86. The number of ether oxygens (including phenoxy) is 1. The summed E-state index contributed by atoms with van der Waals surface area (Å²) in [5.41, 5.74) is -3.07. The van der Waals surface area contributed by atoms with Crippen LogP contribution < -0.4 is 5.32 Å². The van der Waals surface area contributed by atoms with E-state index in [9.17, 15) is 22.8 Å². The van der Waals surface area contributed by atoms with E-state index >= 15 is 0 Å². The maximum atomic E-state index is 13.1. The zero-order valence-electron chi connectivity index (χ0n) is 13.3. The van der Waals surface area contributed by atoms with Gasteiger partial charge in [0, 0.05) is 6.20 Å². The molecule has 1 heterocycles. The van der Waals surface area contributed by atoms with Gasteiger partial charge in [0.15, 0.2) is 6.73 Å². The summed E-state index contributed by atoms with van der Waals surface area (Å²) >= 11 is 0. The number of nitrogens with zero attached hydrogens (tertiary/aromatic N) is 2. The Morgan fingerprint density at radius 1 is 1.33 bits per heavy atom. The highest BCUT2D eigenvalue weighted by Crippen LogP contribution is 2.32. The van der Waals surface area contributed by atoms with Crippen LogP contribution in [-0.2, 0) is 22.1 Å². The molecule has 1 aromatic heterocycles. The lowest BCUT2D eigenvalue weighted by molar-refractivity contribution is -0.153. The van der Waals surface area contributed by atoms with Crippen molar-refractivity contribution in [3.05, 3.63) is 29.1 Å². The SMILES string of the molecule is CC(C)(C)C(=O)OCNC(=O)c1c(C(F)(F)F)ccnc1CC#N. The second-order valence-electron chi connectivity index (χ2n) is 5.84. The van der Waals surface area contributed by atoms with Gasteiger partial charge in [-0.3, -0.25) is 14.6 Å². The molecule has 0 aliphatic rings. The minimum atomic E-state index is -4.79. The van der Waals surface area contributed by atoms with Crippen molar-refractivity contribution < 1.29 is 27.5 Å². The lowest BCUT2D eigenvalue weighted by Gasteiger charge is -2.18. The van der Waals surface area contributed by atoms with Crippen molar-refractivity contribution >= 4 is 11.9 Å². The van der Waals surface area contributed by atoms with Gasteiger partial charge in [0.2, 0.25) is 0 Å². The highest BCUT2D eigenvalue weighted by Gasteiger charge is 2.37. The molecule has 24 heavy (non-hydrogen) atoms. The van der Waals surface area contributed by atoms with Crippen LogP contribution in [0.1, 0.15) is 42.4 Å². The molecule has 1 N–H and O–H groups in total. The zero-order chi connectivity index (χ0) is 18.5. The van der Waals surface area contributed by atoms with Crippen LogP contribution in [0.15, 0.2) is 12.3 Å². The summed E-state index contributed by atoms with van der Waals surface area (Å²) in [6.07, 6.45) is -4.37. The third kappa shape index (κ3) is 4.94. The van der Waals surface area contributed by atoms with Crippen LogP contribution in [-0.4, -0.2) is 23.6 Å². The van der Waals surface area contributed by atoms with E-state index in [0.717, 1.165) is 6.20 Å². The summed E-state index contributed by atoms with van der Waals surface area (Å²) < 4.78 is 44.0. The molecule has 0 fully saturated rings. The van der Waals surface area contributed by atoms with E-state index in [1.165, 1.54) is 0 Å². The maximum absolute atomic E-state index is 13.1. The van der Waals surface area contributed by atoms with Gasteiger partial charge in [-0.15, -0.1) is 0 Å². The molecule has 1 aromatic rings. The van der Waals surface area contributed by atoms with E-state index < -0.39 is 47.7 Å². The smallest absolute Gasteiger partial charge is 0.417 e. The molecule has 0 saturated carbocycles. The van der Waals surface area contributed by atoms with Crippen LogP contribution >= 0.6 is 0 Å². The van der Waals surface area contributed by atoms with Gasteiger partial charge in [0.25, 0.3) is 5.91 Å². The zero-order valence-corrected chi connectivity index (χ0v) is 13.3. The van der Waals surface area contributed by atoms with Gasteiger partial charge in [0.1, 0.15) is 0 Å². The molecule has 0 saturated heterocycles. The summed E-state index contributed by atoms with van der Waals surface area (Å²) in [5, 5.41) is 10.8. The Labute approximate surface area is 136 Å². The number of pyridine rings is 1. The Morgan fingerprint density at radius 2 is 1.96 bits per heavy atom. The van der Waals surface area contributed by atoms with Crippen LogP contribution in [0, 0.1) is 16.7 Å². The number of amides is 1. The monoisotopic (exact) mass is 343 g/mol. The number of rotatable bonds is 4. The van der Waals surface area contributed by atoms with E-state index in [1.54, 1.807) is 26.8 Å². The highest BCUT2D eigenvalue weighted by molar-refractivity contribution is 5.97. The molecule has 1 amide bonds. The van der Waals surface area contributed by atoms with Crippen molar-refractivity contribution in [2.45, 2.75) is 33.4 Å². The molecule has 0 unspecified atom stereocenters. The Kier molecular flexibility index (Phi) is 5.90. The Bertz CT molecular complexity index is 673. The van der Waals surface area contributed by atoms with Gasteiger partial charge in [-0.25, -0.2) is 0 Å². The third-order valence-electron chi connectivity index (χ3n) is 2.86. The minimum Gasteiger partial charge on any atom is -0.444 e. The Balaban J connectivity index is 3.01. The second-order valence-corrected chi connectivity index (χ2v) is 5.84. The van der Waals surface area contributed by atoms with Crippen molar-refractivity contribution in [1.29, 1.82) is 5.26 Å². The molecule has 0 atom stereocenters. The molecule has 0 aliphatic heterocycles. The molecule has 0 radical (unpaired) electrons. The largest absolute Gasteiger partial charge is 0.444 e. The molecule has 0 spiro atoms. The van der Waals surface area contributed by atoms with Gasteiger partial charge < -0.3 is 10.1 Å². The van der Waals surface area contributed by atoms with Crippen LogP contribution in [0.5, 0.6) is 0 Å². The number of carbonyl (C=O) groups excluding carboxylic acids is 2. The van der Waals surface area contributed by atoms with Crippen molar-refractivity contribution in [3.8, 4) is 6.07 Å². The number of nitriles is 1. The molecule has 6 nitrogen and oxygen atoms in total. The summed E-state index contributed by atoms with van der Waals surface area (Å²) in [5.74, 6) is -1.75. The number of hydrogen-bond donors (Lipinski definition) is 1. The molecule has 9 heteroatoms. The average Bonchev–Trinajstić information content (AvgIpc) is 2.45. The molecule has 1 rings (SSSR count). The van der Waals surface area contributed by atoms with Gasteiger partial charge >= 0.3 is 12.1 Å². The van der Waals surface area contributed by atoms with E-state index in [0.29, 0.717) is 6.07 Å². The minimum absolute atomic E-state index is 0.299. The van der Waals surface area contributed by atoms with E-state index in [-0.39, 0.29) is 5.69 Å². The molecule has 0 bridgehead atoms. The van der Waals surface area contributed by atoms with Crippen LogP contribution in [0.4, 0.5) is 13.2 Å². The van der Waals surface area contributed by atoms with Crippen LogP contribution in [0.25, 0.3) is 0 Å². The van der Waals surface area contributed by atoms with E-state index in [1.807, 2.05) is 0 Å². The summed E-state index contributed by atoms with van der Waals surface area (Å²) in [7, 11) is 0. The molecular weight excluding hydrogens is 327 g/mol. The normalized spacial score (nSPS) is 11.5. The van der Waals surface area contributed by atoms with Gasteiger partial charge in [-0.2, -0.15) is 18.4 Å². The van der Waals surface area contributed by atoms with Crippen molar-refractivity contribution in [2.24, 2.45) is 5.41 Å². The molecule has 130 valence electrons. The lowest BCUT2D eigenvalue weighted by Crippen LogP contribution is -2.33. The predicted molar refractivity (Wildman–Crippen MR) is 76.4 cm³/mol. The Hall–Kier alpha value is -2.63. The second kappa shape index (κ2) is 7.29. The number of nitrogens with one attached hydrogen (secondary N) is 1. The fraction of sp³-hybridized carbons (Fsp3) is 0.467. The quantitative estimate of drug-likeness (QED) is 0.670. The average molecular weight is 343 g/mol. The van der Waals surface area contributed by atoms with Gasteiger partial charge in [-0.05, 0) is 26.8 Å². The highest BCUT2D eigenvalue weighted by atomic mass is 19.4. The van der Waals surface area contributed by atoms with Gasteiger partial charge in [0.05, 0.1) is 34.7 Å². The summed E-state index contributed by atoms with van der Waals surface area (Å²) in [6, 6.07) is 2.31. The van der Waals surface area contributed by atoms with Gasteiger partial charge in [-0.1, -0.05) is 0 Å². The fourth-order valence-corrected chi connectivity index (χ4v) is 1.68. The summed E-state index contributed by atoms with van der Waals surface area (Å²) in [4.78, 5) is 27.3. The molecular formula is C15H16F3N3O3. The number of aromatic nitrogens is 1. The van der Waals surface area contributed by atoms with Crippen molar-refractivity contribution in [3.63, 3.8) is 0 Å². The van der Waals surface area contributed by atoms with E-state index in [2.05, 4.69) is 10.3 Å². The number of alkyl halides is 3. The Morgan fingerprint density at radius 3 is 2.46 bits per heavy atom. The maximum Gasteiger partial charge on any atom is 0.417 e. The first-order chi connectivity index (χ1) is 11.0. The number of esters is 1. The van der Waals surface area contributed by atoms with E-state index in [4.69, 9.17) is 10.00 Å². The van der Waals surface area contributed by atoms with Crippen molar-refractivity contribution in [1.82, 2.24) is 10.3 Å². The summed E-state index contributed by atoms with van der Waals surface area (Å²) in [6.45, 7) is 4.17. The first kappa shape index (κ1) is 19.4. The molecule has 0 aliphatic carbocycles. The lowest BCUT2D eigenvalue weighted by atomic mass is 9.98. The third-order valence-corrected chi connectivity index (χ3v) is 2.86. The fourth-order valence-electron chi connectivity index (χ4n) is 1.68. The van der Waals surface area contributed by atoms with Crippen LogP contribution in [0.2, 0.25) is 0 Å². The number of carbonyl (C=O) groups is 2.